The van der Waals surface area contributed by atoms with E-state index < -0.39 is 23.2 Å². The van der Waals surface area contributed by atoms with E-state index in [1.165, 1.54) is 25.1 Å². The van der Waals surface area contributed by atoms with Gasteiger partial charge in [-0.1, -0.05) is 30.3 Å². The number of hydrogen-bond acceptors (Lipinski definition) is 4. The normalized spacial score (nSPS) is 18.8. The maximum atomic E-state index is 13.4. The molecule has 6 nitrogen and oxygen atoms in total. The van der Waals surface area contributed by atoms with Crippen molar-refractivity contribution in [1.82, 2.24) is 9.78 Å². The molecule has 0 saturated heterocycles. The standard InChI is InChI=1S/C19H15F3N4O2/c1-10-15(18(28)11-6-2-4-8-13(11)24-17(18)27)16(23)26(25-10)14-9-5-3-7-12(14)19(20,21)22/h2-9,28H,23H2,1H3,(H,24,27). The molecule has 4 rings (SSSR count). The Labute approximate surface area is 157 Å². The van der Waals surface area contributed by atoms with Crippen LogP contribution in [0, 0.1) is 6.92 Å². The van der Waals surface area contributed by atoms with E-state index in [-0.39, 0.29) is 28.3 Å². The molecule has 0 aliphatic carbocycles. The number of carbonyl (C=O) groups excluding carboxylic acids is 1. The smallest absolute Gasteiger partial charge is 0.383 e. The Hall–Kier alpha value is -3.33. The minimum Gasteiger partial charge on any atom is -0.383 e. The number of rotatable bonds is 2. The zero-order chi connectivity index (χ0) is 20.3. The molecule has 2 heterocycles. The van der Waals surface area contributed by atoms with Gasteiger partial charge in [0.25, 0.3) is 5.91 Å². The average molecular weight is 388 g/mol. The second-order valence-electron chi connectivity index (χ2n) is 6.48. The molecule has 1 amide bonds. The van der Waals surface area contributed by atoms with Crippen molar-refractivity contribution in [2.45, 2.75) is 18.7 Å². The van der Waals surface area contributed by atoms with Gasteiger partial charge in [-0.2, -0.15) is 18.3 Å². The Morgan fingerprint density at radius 1 is 1.14 bits per heavy atom. The summed E-state index contributed by atoms with van der Waals surface area (Å²) in [5.74, 6) is -0.990. The quantitative estimate of drug-likeness (QED) is 0.629. The summed E-state index contributed by atoms with van der Waals surface area (Å²) in [5.41, 5.74) is 3.50. The van der Waals surface area contributed by atoms with Gasteiger partial charge >= 0.3 is 6.18 Å². The second kappa shape index (κ2) is 5.83. The molecular weight excluding hydrogens is 373 g/mol. The predicted octanol–water partition coefficient (Wildman–Crippen LogP) is 2.97. The van der Waals surface area contributed by atoms with Crippen LogP contribution in [0.3, 0.4) is 0 Å². The first kappa shape index (κ1) is 18.1. The fraction of sp³-hybridized carbons (Fsp3) is 0.158. The molecule has 0 fully saturated rings. The summed E-state index contributed by atoms with van der Waals surface area (Å²) in [6, 6.07) is 11.3. The highest BCUT2D eigenvalue weighted by Crippen LogP contribution is 2.45. The van der Waals surface area contributed by atoms with Crippen LogP contribution in [-0.4, -0.2) is 20.8 Å². The highest BCUT2D eigenvalue weighted by atomic mass is 19.4. The third-order valence-corrected chi connectivity index (χ3v) is 4.79. The van der Waals surface area contributed by atoms with Crippen LogP contribution in [-0.2, 0) is 16.6 Å². The van der Waals surface area contributed by atoms with Crippen LogP contribution < -0.4 is 11.1 Å². The molecule has 9 heteroatoms. The first-order valence-electron chi connectivity index (χ1n) is 8.31. The first-order chi connectivity index (χ1) is 13.2. The van der Waals surface area contributed by atoms with Crippen molar-refractivity contribution in [3.63, 3.8) is 0 Å². The van der Waals surface area contributed by atoms with Gasteiger partial charge in [0.2, 0.25) is 5.60 Å². The molecule has 0 spiro atoms. The summed E-state index contributed by atoms with van der Waals surface area (Å²) < 4.78 is 41.1. The van der Waals surface area contributed by atoms with Crippen LogP contribution in [0.4, 0.5) is 24.7 Å². The largest absolute Gasteiger partial charge is 0.418 e. The maximum Gasteiger partial charge on any atom is 0.418 e. The van der Waals surface area contributed by atoms with Crippen LogP contribution in [0.15, 0.2) is 48.5 Å². The molecule has 1 atom stereocenters. The molecule has 1 unspecified atom stereocenters. The summed E-state index contributed by atoms with van der Waals surface area (Å²) in [7, 11) is 0. The molecule has 1 aliphatic heterocycles. The van der Waals surface area contributed by atoms with Crippen molar-refractivity contribution in [2.24, 2.45) is 0 Å². The van der Waals surface area contributed by atoms with Gasteiger partial charge in [0, 0.05) is 11.3 Å². The third kappa shape index (κ3) is 2.40. The van der Waals surface area contributed by atoms with Gasteiger partial charge < -0.3 is 16.2 Å². The van der Waals surface area contributed by atoms with Gasteiger partial charge in [0.05, 0.1) is 22.5 Å². The number of aromatic nitrogens is 2. The van der Waals surface area contributed by atoms with Crippen molar-refractivity contribution in [3.05, 3.63) is 70.9 Å². The topological polar surface area (TPSA) is 93.2 Å². The molecule has 144 valence electrons. The second-order valence-corrected chi connectivity index (χ2v) is 6.48. The van der Waals surface area contributed by atoms with Crippen LogP contribution in [0.25, 0.3) is 5.69 Å². The lowest BCUT2D eigenvalue weighted by Crippen LogP contribution is -2.36. The molecular formula is C19H15F3N4O2. The van der Waals surface area contributed by atoms with E-state index >= 15 is 0 Å². The van der Waals surface area contributed by atoms with Gasteiger partial charge in [-0.05, 0) is 25.1 Å². The lowest BCUT2D eigenvalue weighted by molar-refractivity contribution is -0.137. The highest BCUT2D eigenvalue weighted by molar-refractivity contribution is 6.08. The van der Waals surface area contributed by atoms with Crippen molar-refractivity contribution < 1.29 is 23.1 Å². The number of nitrogens with one attached hydrogen (secondary N) is 1. The molecule has 28 heavy (non-hydrogen) atoms. The number of carbonyl (C=O) groups is 1. The summed E-state index contributed by atoms with van der Waals surface area (Å²) in [4.78, 5) is 12.6. The number of benzene rings is 2. The number of halogens is 3. The number of nitrogens with two attached hydrogens (primary N) is 1. The number of anilines is 2. The lowest BCUT2D eigenvalue weighted by atomic mass is 9.87. The predicted molar refractivity (Wildman–Crippen MR) is 95.8 cm³/mol. The zero-order valence-corrected chi connectivity index (χ0v) is 14.6. The number of nitrogen functional groups attached to an aromatic ring is 1. The number of aliphatic hydroxyl groups is 1. The van der Waals surface area contributed by atoms with Gasteiger partial charge in [-0.15, -0.1) is 0 Å². The third-order valence-electron chi connectivity index (χ3n) is 4.79. The number of fused-ring (bicyclic) bond motifs is 1. The molecule has 3 aromatic rings. The zero-order valence-electron chi connectivity index (χ0n) is 14.6. The number of para-hydroxylation sites is 2. The van der Waals surface area contributed by atoms with E-state index in [2.05, 4.69) is 10.4 Å². The summed E-state index contributed by atoms with van der Waals surface area (Å²) >= 11 is 0. The number of hydrogen-bond donors (Lipinski definition) is 3. The molecule has 0 bridgehead atoms. The maximum absolute atomic E-state index is 13.4. The Kier molecular flexibility index (Phi) is 3.76. The van der Waals surface area contributed by atoms with Crippen molar-refractivity contribution in [1.29, 1.82) is 0 Å². The van der Waals surface area contributed by atoms with Crippen LogP contribution >= 0.6 is 0 Å². The van der Waals surface area contributed by atoms with E-state index in [9.17, 15) is 23.1 Å². The minimum absolute atomic E-state index is 0.0491. The van der Waals surface area contributed by atoms with E-state index in [4.69, 9.17) is 5.73 Å². The molecule has 0 saturated carbocycles. The fourth-order valence-corrected chi connectivity index (χ4v) is 3.56. The summed E-state index contributed by atoms with van der Waals surface area (Å²) in [6.07, 6.45) is -4.63. The van der Waals surface area contributed by atoms with Gasteiger partial charge in [0.1, 0.15) is 5.82 Å². The van der Waals surface area contributed by atoms with E-state index in [1.807, 2.05) is 0 Å². The summed E-state index contributed by atoms with van der Waals surface area (Å²) in [6.45, 7) is 1.48. The Morgan fingerprint density at radius 2 is 1.79 bits per heavy atom. The number of alkyl halides is 3. The molecule has 1 aromatic heterocycles. The minimum atomic E-state index is -4.63. The monoisotopic (exact) mass is 388 g/mol. The highest BCUT2D eigenvalue weighted by Gasteiger charge is 2.50. The van der Waals surface area contributed by atoms with Crippen LogP contribution in [0.2, 0.25) is 0 Å². The average Bonchev–Trinajstić information content (AvgIpc) is 3.08. The van der Waals surface area contributed by atoms with E-state index in [1.54, 1.807) is 24.3 Å². The van der Waals surface area contributed by atoms with E-state index in [0.29, 0.717) is 5.69 Å². The number of nitrogens with zero attached hydrogens (tertiary/aromatic N) is 2. The van der Waals surface area contributed by atoms with Crippen molar-refractivity contribution in [3.8, 4) is 5.69 Å². The van der Waals surface area contributed by atoms with Crippen molar-refractivity contribution >= 4 is 17.4 Å². The Balaban J connectivity index is 1.96. The lowest BCUT2D eigenvalue weighted by Gasteiger charge is -2.21. The first-order valence-corrected chi connectivity index (χ1v) is 8.31. The summed E-state index contributed by atoms with van der Waals surface area (Å²) in [5, 5.41) is 17.9. The number of aryl methyl sites for hydroxylation is 1. The Morgan fingerprint density at radius 3 is 2.50 bits per heavy atom. The molecule has 2 aromatic carbocycles. The molecule has 4 N–H and O–H groups in total. The van der Waals surface area contributed by atoms with Gasteiger partial charge in [-0.25, -0.2) is 4.68 Å². The molecule has 0 radical (unpaired) electrons. The van der Waals surface area contributed by atoms with Crippen LogP contribution in [0.1, 0.15) is 22.4 Å². The Bertz CT molecular complexity index is 1110. The van der Waals surface area contributed by atoms with Crippen LogP contribution in [0.5, 0.6) is 0 Å². The SMILES string of the molecule is Cc1nn(-c2ccccc2C(F)(F)F)c(N)c1C1(O)C(=O)Nc2ccccc21. The molecule has 1 aliphatic rings. The van der Waals surface area contributed by atoms with E-state index in [0.717, 1.165) is 10.7 Å². The van der Waals surface area contributed by atoms with Crippen molar-refractivity contribution in [2.75, 3.05) is 11.1 Å². The van der Waals surface area contributed by atoms with Gasteiger partial charge in [0.15, 0.2) is 0 Å². The number of amides is 1. The van der Waals surface area contributed by atoms with Gasteiger partial charge in [-0.3, -0.25) is 4.79 Å². The fourth-order valence-electron chi connectivity index (χ4n) is 3.56.